The zero-order chi connectivity index (χ0) is 25.0. The van der Waals surface area contributed by atoms with Crippen LogP contribution in [-0.4, -0.2) is 46.2 Å². The smallest absolute Gasteiger partial charge is 0.228 e. The number of aliphatic hydroxyl groups excluding tert-OH is 1. The number of aromatic nitrogens is 1. The molecule has 2 aromatic carbocycles. The van der Waals surface area contributed by atoms with Gasteiger partial charge in [0.2, 0.25) is 5.91 Å². The molecule has 1 fully saturated rings. The molecular formula is C27H22N4O4. The average molecular weight is 466 g/mol. The molecular weight excluding hydrogens is 444 g/mol. The number of carbonyl (C=O) groups is 1. The number of hydrogen-bond acceptors (Lipinski definition) is 7. The van der Waals surface area contributed by atoms with Crippen molar-refractivity contribution in [1.82, 2.24) is 9.88 Å². The molecule has 5 rings (SSSR count). The molecule has 8 heteroatoms. The number of rotatable bonds is 3. The minimum absolute atomic E-state index is 0.0457. The molecule has 0 bridgehead atoms. The van der Waals surface area contributed by atoms with Crippen molar-refractivity contribution < 1.29 is 19.7 Å². The van der Waals surface area contributed by atoms with Gasteiger partial charge in [-0.3, -0.25) is 9.78 Å². The van der Waals surface area contributed by atoms with Crippen molar-refractivity contribution in [2.75, 3.05) is 14.1 Å². The van der Waals surface area contributed by atoms with E-state index < -0.39 is 29.1 Å². The maximum Gasteiger partial charge on any atom is 0.228 e. The first-order valence-electron chi connectivity index (χ1n) is 11.1. The quantitative estimate of drug-likeness (QED) is 0.605. The molecule has 2 heterocycles. The van der Waals surface area contributed by atoms with Crippen molar-refractivity contribution in [2.45, 2.75) is 23.2 Å². The van der Waals surface area contributed by atoms with Crippen molar-refractivity contribution in [3.63, 3.8) is 0 Å². The van der Waals surface area contributed by atoms with Gasteiger partial charge < -0.3 is 19.8 Å². The van der Waals surface area contributed by atoms with Crippen molar-refractivity contribution in [1.29, 1.82) is 10.5 Å². The standard InChI is InChI=1S/C27H22N4O4/c1-31(2)25(33)21-23(17-6-4-3-5-7-17)27(19-10-8-16(12-28)9-11-19)26(34,24(21)32)22-18(13-29)14-30-15-20(22)35-27/h3-11,14-15,21,23-24,32,34H,1-2H3/t21-,23-,24-,26+,27+/m1/s1. The van der Waals surface area contributed by atoms with Crippen molar-refractivity contribution in [3.05, 3.63) is 94.8 Å². The monoisotopic (exact) mass is 466 g/mol. The van der Waals surface area contributed by atoms with Crippen molar-refractivity contribution >= 4 is 5.91 Å². The predicted molar refractivity (Wildman–Crippen MR) is 124 cm³/mol. The SMILES string of the molecule is CN(C)C(=O)[C@H]1[C@@H](O)[C@@]2(O)c3c(C#N)cncc3O[C@@]2(c2ccc(C#N)cc2)[C@@H]1c1ccccc1. The zero-order valence-electron chi connectivity index (χ0n) is 19.1. The third kappa shape index (κ3) is 2.85. The third-order valence-electron chi connectivity index (χ3n) is 7.14. The highest BCUT2D eigenvalue weighted by Gasteiger charge is 2.77. The lowest BCUT2D eigenvalue weighted by Crippen LogP contribution is -2.52. The molecule has 0 radical (unpaired) electrons. The van der Waals surface area contributed by atoms with E-state index in [1.54, 1.807) is 38.4 Å². The fraction of sp³-hybridized carbons (Fsp3) is 0.259. The Morgan fingerprint density at radius 1 is 1.06 bits per heavy atom. The van der Waals surface area contributed by atoms with Crippen LogP contribution in [0.4, 0.5) is 0 Å². The van der Waals surface area contributed by atoms with E-state index in [9.17, 15) is 25.5 Å². The molecule has 0 unspecified atom stereocenters. The summed E-state index contributed by atoms with van der Waals surface area (Å²) < 4.78 is 6.54. The van der Waals surface area contributed by atoms with Gasteiger partial charge in [0, 0.05) is 26.2 Å². The van der Waals surface area contributed by atoms with Crippen LogP contribution in [0.2, 0.25) is 0 Å². The summed E-state index contributed by atoms with van der Waals surface area (Å²) in [6.07, 6.45) is 1.09. The van der Waals surface area contributed by atoms with E-state index in [0.29, 0.717) is 16.7 Å². The molecule has 1 aromatic heterocycles. The minimum atomic E-state index is -2.17. The fourth-order valence-electron chi connectivity index (χ4n) is 5.73. The number of amides is 1. The van der Waals surface area contributed by atoms with Gasteiger partial charge in [-0.25, -0.2) is 0 Å². The maximum atomic E-state index is 13.5. The van der Waals surface area contributed by atoms with Gasteiger partial charge in [-0.1, -0.05) is 42.5 Å². The summed E-state index contributed by atoms with van der Waals surface area (Å²) in [4.78, 5) is 19.0. The summed E-state index contributed by atoms with van der Waals surface area (Å²) in [5.41, 5.74) is -2.17. The van der Waals surface area contributed by atoms with E-state index >= 15 is 0 Å². The van der Waals surface area contributed by atoms with E-state index in [1.165, 1.54) is 17.3 Å². The number of carbonyl (C=O) groups excluding carboxylic acids is 1. The van der Waals surface area contributed by atoms with Crippen LogP contribution in [0.3, 0.4) is 0 Å². The third-order valence-corrected chi connectivity index (χ3v) is 7.14. The Balaban J connectivity index is 1.90. The second-order valence-corrected chi connectivity index (χ2v) is 9.06. The predicted octanol–water partition coefficient (Wildman–Crippen LogP) is 2.16. The van der Waals surface area contributed by atoms with Crippen LogP contribution in [0.5, 0.6) is 5.75 Å². The van der Waals surface area contributed by atoms with E-state index in [-0.39, 0.29) is 22.8 Å². The van der Waals surface area contributed by atoms with Crippen molar-refractivity contribution in [2.24, 2.45) is 5.92 Å². The molecule has 0 saturated heterocycles. The summed E-state index contributed by atoms with van der Waals surface area (Å²) in [5.74, 6) is -2.17. The number of fused-ring (bicyclic) bond motifs is 3. The Labute approximate surface area is 202 Å². The van der Waals surface area contributed by atoms with Crippen LogP contribution >= 0.6 is 0 Å². The van der Waals surface area contributed by atoms with Gasteiger partial charge in [0.05, 0.1) is 34.9 Å². The Morgan fingerprint density at radius 2 is 1.74 bits per heavy atom. The van der Waals surface area contributed by atoms with E-state index in [4.69, 9.17) is 4.74 Å². The van der Waals surface area contributed by atoms with Crippen LogP contribution in [0, 0.1) is 28.6 Å². The van der Waals surface area contributed by atoms with Gasteiger partial charge in [-0.2, -0.15) is 10.5 Å². The highest BCUT2D eigenvalue weighted by Crippen LogP contribution is 2.68. The van der Waals surface area contributed by atoms with Crippen LogP contribution < -0.4 is 4.74 Å². The minimum Gasteiger partial charge on any atom is -0.476 e. The Morgan fingerprint density at radius 3 is 2.34 bits per heavy atom. The summed E-state index contributed by atoms with van der Waals surface area (Å²) in [6, 6.07) is 19.7. The first kappa shape index (κ1) is 22.5. The zero-order valence-corrected chi connectivity index (χ0v) is 19.1. The summed E-state index contributed by atoms with van der Waals surface area (Å²) >= 11 is 0. The molecule has 2 aliphatic rings. The Kier molecular flexibility index (Phi) is 5.10. The molecule has 35 heavy (non-hydrogen) atoms. The topological polar surface area (TPSA) is 130 Å². The largest absolute Gasteiger partial charge is 0.476 e. The number of hydrogen-bond donors (Lipinski definition) is 2. The molecule has 8 nitrogen and oxygen atoms in total. The van der Waals surface area contributed by atoms with Gasteiger partial charge in [-0.15, -0.1) is 0 Å². The second-order valence-electron chi connectivity index (χ2n) is 9.06. The first-order chi connectivity index (χ1) is 16.8. The van der Waals surface area contributed by atoms with Crippen LogP contribution in [-0.2, 0) is 16.0 Å². The second kappa shape index (κ2) is 7.92. The van der Waals surface area contributed by atoms with Crippen LogP contribution in [0.15, 0.2) is 67.0 Å². The van der Waals surface area contributed by atoms with Crippen LogP contribution in [0.1, 0.15) is 33.7 Å². The van der Waals surface area contributed by atoms with Gasteiger partial charge in [-0.05, 0) is 23.3 Å². The fourth-order valence-corrected chi connectivity index (χ4v) is 5.73. The summed E-state index contributed by atoms with van der Waals surface area (Å²) in [7, 11) is 3.17. The van der Waals surface area contributed by atoms with E-state index in [2.05, 4.69) is 11.1 Å². The number of benzene rings is 2. The van der Waals surface area contributed by atoms with Crippen LogP contribution in [0.25, 0.3) is 0 Å². The van der Waals surface area contributed by atoms with Gasteiger partial charge >= 0.3 is 0 Å². The summed E-state index contributed by atoms with van der Waals surface area (Å²) in [6.45, 7) is 0. The number of pyridine rings is 1. The molecule has 1 amide bonds. The average Bonchev–Trinajstić information content (AvgIpc) is 3.27. The highest BCUT2D eigenvalue weighted by molar-refractivity contribution is 5.82. The number of nitrogens with zero attached hydrogens (tertiary/aromatic N) is 4. The lowest BCUT2D eigenvalue weighted by Gasteiger charge is -2.40. The molecule has 1 aliphatic carbocycles. The first-order valence-corrected chi connectivity index (χ1v) is 11.1. The molecule has 1 saturated carbocycles. The number of ether oxygens (including phenoxy) is 1. The van der Waals surface area contributed by atoms with E-state index in [1.807, 2.05) is 36.4 Å². The van der Waals surface area contributed by atoms with Gasteiger partial charge in [0.15, 0.2) is 11.2 Å². The molecule has 1 aliphatic heterocycles. The summed E-state index contributed by atoms with van der Waals surface area (Å²) in [5, 5.41) is 43.5. The Bertz CT molecular complexity index is 1390. The number of aliphatic hydroxyl groups is 2. The van der Waals surface area contributed by atoms with Gasteiger partial charge in [0.25, 0.3) is 0 Å². The highest BCUT2D eigenvalue weighted by atomic mass is 16.5. The lowest BCUT2D eigenvalue weighted by atomic mass is 9.70. The molecule has 0 spiro atoms. The molecule has 174 valence electrons. The normalized spacial score (nSPS) is 28.2. The van der Waals surface area contributed by atoms with Gasteiger partial charge in [0.1, 0.15) is 17.9 Å². The lowest BCUT2D eigenvalue weighted by molar-refractivity contribution is -0.156. The number of nitriles is 2. The van der Waals surface area contributed by atoms with E-state index in [0.717, 1.165) is 0 Å². The molecule has 3 aromatic rings. The molecule has 5 atom stereocenters. The molecule has 2 N–H and O–H groups in total. The van der Waals surface area contributed by atoms with Crippen molar-refractivity contribution in [3.8, 4) is 17.9 Å². The Hall–Kier alpha value is -4.24. The maximum absolute atomic E-state index is 13.5.